The molecule has 0 amide bonds. The van der Waals surface area contributed by atoms with Crippen LogP contribution in [0, 0.1) is 0 Å². The highest BCUT2D eigenvalue weighted by molar-refractivity contribution is 7.99. The monoisotopic (exact) mass is 284 g/mol. The molecule has 1 aliphatic heterocycles. The van der Waals surface area contributed by atoms with Gasteiger partial charge in [-0.15, -0.1) is 0 Å². The molecule has 1 fully saturated rings. The minimum atomic E-state index is -0.678. The Bertz CT molecular complexity index is 386. The van der Waals surface area contributed by atoms with E-state index in [0.717, 1.165) is 4.90 Å². The van der Waals surface area contributed by atoms with Crippen LogP contribution < -0.4 is 0 Å². The van der Waals surface area contributed by atoms with Gasteiger partial charge in [0.1, 0.15) is 23.7 Å². The van der Waals surface area contributed by atoms with E-state index in [0.29, 0.717) is 0 Å². The van der Waals surface area contributed by atoms with Gasteiger partial charge in [0.05, 0.1) is 6.10 Å². The first-order valence-corrected chi connectivity index (χ1v) is 7.16. The average Bonchev–Trinajstić information content (AvgIpc) is 2.43. The minimum Gasteiger partial charge on any atom is -0.388 e. The van der Waals surface area contributed by atoms with Crippen molar-refractivity contribution in [3.05, 3.63) is 30.3 Å². The van der Waals surface area contributed by atoms with Crippen LogP contribution in [0.15, 0.2) is 35.2 Å². The fraction of sp³-hybridized carbons (Fsp3) is 0.571. The largest absolute Gasteiger partial charge is 0.388 e. The molecular weight excluding hydrogens is 264 g/mol. The maximum absolute atomic E-state index is 10.1. The predicted molar refractivity (Wildman–Crippen MR) is 74.2 cm³/mol. The fourth-order valence-electron chi connectivity index (χ4n) is 2.23. The summed E-state index contributed by atoms with van der Waals surface area (Å²) in [7, 11) is 3.20. The first kappa shape index (κ1) is 14.8. The number of aliphatic hydroxyl groups excluding tert-OH is 1. The van der Waals surface area contributed by atoms with Crippen LogP contribution in [0.3, 0.4) is 0 Å². The highest BCUT2D eigenvalue weighted by Gasteiger charge is 2.44. The summed E-state index contributed by atoms with van der Waals surface area (Å²) in [4.78, 5) is 1.10. The maximum atomic E-state index is 10.1. The Labute approximate surface area is 118 Å². The molecule has 5 atom stereocenters. The zero-order chi connectivity index (χ0) is 13.8. The summed E-state index contributed by atoms with van der Waals surface area (Å²) in [5.41, 5.74) is -0.198. The number of thioether (sulfide) groups is 1. The summed E-state index contributed by atoms with van der Waals surface area (Å²) >= 11 is 1.58. The Balaban J connectivity index is 2.14. The van der Waals surface area contributed by atoms with Crippen molar-refractivity contribution in [3.63, 3.8) is 0 Å². The number of ether oxygens (including phenoxy) is 3. The van der Waals surface area contributed by atoms with E-state index >= 15 is 0 Å². The van der Waals surface area contributed by atoms with E-state index in [1.54, 1.807) is 26.0 Å². The second-order valence-electron chi connectivity index (χ2n) is 4.53. The molecule has 1 heterocycles. The summed E-state index contributed by atoms with van der Waals surface area (Å²) in [6, 6.07) is 10.00. The van der Waals surface area contributed by atoms with Gasteiger partial charge in [-0.1, -0.05) is 30.0 Å². The second-order valence-corrected chi connectivity index (χ2v) is 5.70. The van der Waals surface area contributed by atoms with Crippen LogP contribution in [-0.2, 0) is 14.2 Å². The molecule has 0 saturated carbocycles. The Morgan fingerprint density at radius 3 is 2.32 bits per heavy atom. The molecule has 2 rings (SSSR count). The second kappa shape index (κ2) is 6.72. The lowest BCUT2D eigenvalue weighted by Crippen LogP contribution is -2.57. The van der Waals surface area contributed by atoms with Gasteiger partial charge < -0.3 is 19.3 Å². The molecule has 0 bridgehead atoms. The van der Waals surface area contributed by atoms with Gasteiger partial charge in [0.25, 0.3) is 0 Å². The first-order chi connectivity index (χ1) is 9.17. The van der Waals surface area contributed by atoms with Gasteiger partial charge in [0, 0.05) is 19.1 Å². The average molecular weight is 284 g/mol. The van der Waals surface area contributed by atoms with E-state index in [4.69, 9.17) is 14.2 Å². The van der Waals surface area contributed by atoms with E-state index in [1.165, 1.54) is 0 Å². The van der Waals surface area contributed by atoms with Gasteiger partial charge in [-0.2, -0.15) is 0 Å². The summed E-state index contributed by atoms with van der Waals surface area (Å²) in [5.74, 6) is 0. The molecule has 4 nitrogen and oxygen atoms in total. The molecule has 0 spiro atoms. The molecular formula is C14H20O4S. The van der Waals surface area contributed by atoms with Crippen molar-refractivity contribution in [2.24, 2.45) is 0 Å². The number of hydrogen-bond acceptors (Lipinski definition) is 5. The molecule has 5 heteroatoms. The maximum Gasteiger partial charge on any atom is 0.136 e. The van der Waals surface area contributed by atoms with Crippen molar-refractivity contribution in [2.75, 3.05) is 14.2 Å². The molecule has 1 N–H and O–H groups in total. The molecule has 1 aromatic rings. The van der Waals surface area contributed by atoms with Crippen LogP contribution in [0.2, 0.25) is 0 Å². The minimum absolute atomic E-state index is 0.198. The summed E-state index contributed by atoms with van der Waals surface area (Å²) in [6.07, 6.45) is -1.64. The Kier molecular flexibility index (Phi) is 5.24. The normalized spacial score (nSPS) is 35.3. The molecule has 106 valence electrons. The van der Waals surface area contributed by atoms with Gasteiger partial charge in [-0.05, 0) is 19.1 Å². The number of methoxy groups -OCH3 is 2. The van der Waals surface area contributed by atoms with Crippen molar-refractivity contribution >= 4 is 11.8 Å². The number of benzene rings is 1. The summed E-state index contributed by atoms with van der Waals surface area (Å²) in [5, 5.41) is 10.1. The molecule has 19 heavy (non-hydrogen) atoms. The highest BCUT2D eigenvalue weighted by atomic mass is 32.2. The molecule has 0 aliphatic carbocycles. The summed E-state index contributed by atoms with van der Waals surface area (Å²) in [6.45, 7) is 1.85. The third-order valence-corrected chi connectivity index (χ3v) is 4.45. The third-order valence-electron chi connectivity index (χ3n) is 3.30. The van der Waals surface area contributed by atoms with Gasteiger partial charge >= 0.3 is 0 Å². The van der Waals surface area contributed by atoms with Crippen LogP contribution in [0.5, 0.6) is 0 Å². The Morgan fingerprint density at radius 1 is 1.11 bits per heavy atom. The van der Waals surface area contributed by atoms with E-state index < -0.39 is 6.10 Å². The number of rotatable bonds is 4. The zero-order valence-corrected chi connectivity index (χ0v) is 12.2. The molecule has 1 unspecified atom stereocenters. The van der Waals surface area contributed by atoms with Gasteiger partial charge in [-0.3, -0.25) is 0 Å². The van der Waals surface area contributed by atoms with Crippen LogP contribution in [0.1, 0.15) is 6.92 Å². The number of aliphatic hydroxyl groups is 1. The van der Waals surface area contributed by atoms with Crippen molar-refractivity contribution < 1.29 is 19.3 Å². The zero-order valence-electron chi connectivity index (χ0n) is 11.4. The van der Waals surface area contributed by atoms with Gasteiger partial charge in [0.15, 0.2) is 0 Å². The highest BCUT2D eigenvalue weighted by Crippen LogP contribution is 2.35. The fourth-order valence-corrected chi connectivity index (χ4v) is 3.45. The first-order valence-electron chi connectivity index (χ1n) is 6.28. The lowest BCUT2D eigenvalue weighted by Gasteiger charge is -2.42. The predicted octanol–water partition coefficient (Wildman–Crippen LogP) is 1.91. The van der Waals surface area contributed by atoms with E-state index in [-0.39, 0.29) is 23.7 Å². The Hall–Kier alpha value is -0.590. The Morgan fingerprint density at radius 2 is 1.74 bits per heavy atom. The molecule has 1 saturated heterocycles. The van der Waals surface area contributed by atoms with Gasteiger partial charge in [-0.25, -0.2) is 0 Å². The van der Waals surface area contributed by atoms with Crippen LogP contribution in [0.25, 0.3) is 0 Å². The third kappa shape index (κ3) is 3.30. The lowest BCUT2D eigenvalue weighted by atomic mass is 10.0. The van der Waals surface area contributed by atoms with Crippen molar-refractivity contribution in [2.45, 2.75) is 41.7 Å². The smallest absolute Gasteiger partial charge is 0.136 e. The SMILES string of the molecule is CO[C@@H]1[C@H](O)[C@H](C)OC(Sc2ccccc2)[C@H]1OC. The standard InChI is InChI=1S/C14H20O4S/c1-9-11(15)12(16-2)13(17-3)14(18-9)19-10-7-5-4-6-8-10/h4-9,11-15H,1-3H3/t9-,11+,12+,13-,14?/m0/s1. The lowest BCUT2D eigenvalue weighted by molar-refractivity contribution is -0.208. The summed E-state index contributed by atoms with van der Waals surface area (Å²) < 4.78 is 16.7. The molecule has 1 aromatic carbocycles. The molecule has 0 aromatic heterocycles. The van der Waals surface area contributed by atoms with Crippen LogP contribution in [0.4, 0.5) is 0 Å². The van der Waals surface area contributed by atoms with Crippen LogP contribution in [-0.4, -0.2) is 49.2 Å². The van der Waals surface area contributed by atoms with E-state index in [9.17, 15) is 5.11 Å². The molecule has 1 aliphatic rings. The van der Waals surface area contributed by atoms with E-state index in [2.05, 4.69) is 0 Å². The van der Waals surface area contributed by atoms with Crippen LogP contribution >= 0.6 is 11.8 Å². The van der Waals surface area contributed by atoms with Crippen molar-refractivity contribution in [1.82, 2.24) is 0 Å². The van der Waals surface area contributed by atoms with Gasteiger partial charge in [0.2, 0.25) is 0 Å². The quantitative estimate of drug-likeness (QED) is 0.915. The number of hydrogen-bond donors (Lipinski definition) is 1. The molecule has 0 radical (unpaired) electrons. The van der Waals surface area contributed by atoms with Crippen molar-refractivity contribution in [3.8, 4) is 0 Å². The van der Waals surface area contributed by atoms with Crippen molar-refractivity contribution in [1.29, 1.82) is 0 Å². The topological polar surface area (TPSA) is 47.9 Å². The van der Waals surface area contributed by atoms with E-state index in [1.807, 2.05) is 37.3 Å².